The quantitative estimate of drug-likeness (QED) is 0.0777. The van der Waals surface area contributed by atoms with Crippen molar-refractivity contribution in [2.24, 2.45) is 5.92 Å². The molecule has 3 aliphatic rings. The van der Waals surface area contributed by atoms with E-state index in [2.05, 4.69) is 9.89 Å². The van der Waals surface area contributed by atoms with Gasteiger partial charge in [-0.2, -0.15) is 29.8 Å². The van der Waals surface area contributed by atoms with E-state index in [9.17, 15) is 53.3 Å². The number of carboxylic acids is 1. The summed E-state index contributed by atoms with van der Waals surface area (Å²) in [7, 11) is -13.4. The second-order valence-corrected chi connectivity index (χ2v) is 23.0. The van der Waals surface area contributed by atoms with E-state index in [4.69, 9.17) is 5.11 Å². The summed E-state index contributed by atoms with van der Waals surface area (Å²) in [5, 5.41) is 12.1. The van der Waals surface area contributed by atoms with E-state index < -0.39 is 52.9 Å². The number of hydrogen-bond donors (Lipinski definition) is 5. The predicted octanol–water partition coefficient (Wildman–Crippen LogP) is 7.69. The van der Waals surface area contributed by atoms with Gasteiger partial charge in [-0.1, -0.05) is 31.8 Å². The summed E-state index contributed by atoms with van der Waals surface area (Å²) in [4.78, 5) is 38.6. The van der Waals surface area contributed by atoms with Gasteiger partial charge in [0, 0.05) is 79.7 Å². The maximum absolute atomic E-state index is 13.1. The van der Waals surface area contributed by atoms with Gasteiger partial charge in [0.05, 0.1) is 21.0 Å². The molecule has 16 nitrogen and oxygen atoms in total. The van der Waals surface area contributed by atoms with Gasteiger partial charge < -0.3 is 15.3 Å². The summed E-state index contributed by atoms with van der Waals surface area (Å²) in [6.45, 7) is 6.94. The lowest BCUT2D eigenvalue weighted by Crippen LogP contribution is -2.30. The molecule has 0 aliphatic carbocycles. The zero-order chi connectivity index (χ0) is 48.5. The van der Waals surface area contributed by atoms with Gasteiger partial charge in [0.25, 0.3) is 30.4 Å². The van der Waals surface area contributed by atoms with Gasteiger partial charge in [-0.25, -0.2) is 0 Å². The molecule has 0 saturated heterocycles. The van der Waals surface area contributed by atoms with Crippen LogP contribution < -0.4 is 10.2 Å². The first-order valence-electron chi connectivity index (χ1n) is 22.9. The molecule has 0 spiro atoms. The van der Waals surface area contributed by atoms with Gasteiger partial charge in [0.15, 0.2) is 5.71 Å². The standard InChI is InChI=1S/C47H65N3O13S3/c1-46(2)38-31-36(65(58,59)60)23-25-40(38)49-28-12-6-8-16-35(51)22-21-34(15-7-4-10-20-45(53)54)33-48-44(52)19-9-5-11-27-47(3)39-32-37(66(61,62)63)24-26-41(39)50(29-14-30-64(55,56)57)43(47)18-13-17-42(46)49/h13,17-18,23-26,31-32,34H,4-12,14-16,19-22,27-30,33H2,1-3H3,(H4-,48,52,53,54,55,56,57,58,59,60,61,62,63)/p+1. The molecule has 3 aliphatic heterocycles. The topological polar surface area (TPSA) is 253 Å². The Hall–Kier alpha value is -4.27. The molecule has 2 unspecified atom stereocenters. The van der Waals surface area contributed by atoms with Crippen LogP contribution in [0, 0.1) is 5.92 Å². The highest BCUT2D eigenvalue weighted by atomic mass is 32.2. The van der Waals surface area contributed by atoms with Crippen LogP contribution in [0.5, 0.6) is 0 Å². The Kier molecular flexibility index (Phi) is 17.7. The summed E-state index contributed by atoms with van der Waals surface area (Å²) < 4.78 is 105. The molecule has 1 amide bonds. The highest BCUT2D eigenvalue weighted by Gasteiger charge is 2.46. The van der Waals surface area contributed by atoms with Crippen LogP contribution in [-0.4, -0.2) is 97.4 Å². The van der Waals surface area contributed by atoms with Crippen LogP contribution in [0.25, 0.3) is 0 Å². The Balaban J connectivity index is 1.54. The number of anilines is 1. The molecule has 5 rings (SSSR count). The fourth-order valence-corrected chi connectivity index (χ4v) is 11.2. The number of nitrogens with one attached hydrogen (secondary N) is 1. The van der Waals surface area contributed by atoms with Crippen molar-refractivity contribution in [3.05, 3.63) is 71.5 Å². The van der Waals surface area contributed by atoms with Crippen LogP contribution in [0.15, 0.2) is 70.1 Å². The smallest absolute Gasteiger partial charge is 0.303 e. The van der Waals surface area contributed by atoms with E-state index >= 15 is 0 Å². The minimum absolute atomic E-state index is 0.0331. The number of hydrogen-bond acceptors (Lipinski definition) is 10. The number of carboxylic acid groups (broad SMARTS) is 1. The van der Waals surface area contributed by atoms with Gasteiger partial charge in [-0.05, 0) is 120 Å². The third kappa shape index (κ3) is 13.9. The fraction of sp³-hybridized carbons (Fsp3) is 0.574. The van der Waals surface area contributed by atoms with Crippen LogP contribution in [0.1, 0.15) is 141 Å². The Morgan fingerprint density at radius 3 is 2.15 bits per heavy atom. The van der Waals surface area contributed by atoms with Crippen molar-refractivity contribution in [3.8, 4) is 0 Å². The molecular formula is C47H66N3O13S3+. The summed E-state index contributed by atoms with van der Waals surface area (Å²) in [6, 6.07) is 8.82. The number of carbonyl (C=O) groups is 3. The molecule has 0 saturated carbocycles. The van der Waals surface area contributed by atoms with Crippen LogP contribution in [0.3, 0.4) is 0 Å². The number of allylic oxidation sites excluding steroid dienone is 4. The Morgan fingerprint density at radius 1 is 0.803 bits per heavy atom. The summed E-state index contributed by atoms with van der Waals surface area (Å²) in [5.74, 6) is -1.28. The second-order valence-electron chi connectivity index (χ2n) is 18.6. The van der Waals surface area contributed by atoms with Gasteiger partial charge in [-0.3, -0.25) is 28.0 Å². The van der Waals surface area contributed by atoms with Gasteiger partial charge >= 0.3 is 5.97 Å². The average molecular weight is 977 g/mol. The zero-order valence-corrected chi connectivity index (χ0v) is 40.7. The molecule has 2 aromatic carbocycles. The Morgan fingerprint density at radius 2 is 1.47 bits per heavy atom. The largest absolute Gasteiger partial charge is 0.481 e. The third-order valence-electron chi connectivity index (χ3n) is 13.3. The first-order chi connectivity index (χ1) is 30.9. The molecule has 19 heteroatoms. The molecule has 66 heavy (non-hydrogen) atoms. The summed E-state index contributed by atoms with van der Waals surface area (Å²) in [5.41, 5.74) is 2.54. The van der Waals surface area contributed by atoms with Crippen molar-refractivity contribution in [3.63, 3.8) is 0 Å². The highest BCUT2D eigenvalue weighted by molar-refractivity contribution is 7.86. The third-order valence-corrected chi connectivity index (χ3v) is 15.8. The van der Waals surface area contributed by atoms with Crippen molar-refractivity contribution in [2.45, 2.75) is 151 Å². The van der Waals surface area contributed by atoms with Crippen LogP contribution in [0.4, 0.5) is 11.4 Å². The van der Waals surface area contributed by atoms with Crippen molar-refractivity contribution in [2.75, 3.05) is 30.3 Å². The van der Waals surface area contributed by atoms with E-state index in [1.54, 1.807) is 12.1 Å². The number of ketones is 1. The summed E-state index contributed by atoms with van der Waals surface area (Å²) >= 11 is 0. The number of nitrogens with zero attached hydrogens (tertiary/aromatic N) is 2. The van der Waals surface area contributed by atoms with E-state index in [-0.39, 0.29) is 53.2 Å². The molecule has 2 aromatic rings. The van der Waals surface area contributed by atoms with Gasteiger partial charge in [-0.15, -0.1) is 0 Å². The lowest BCUT2D eigenvalue weighted by molar-refractivity contribution is -0.438. The maximum Gasteiger partial charge on any atom is 0.303 e. The van der Waals surface area contributed by atoms with Crippen LogP contribution >= 0.6 is 0 Å². The van der Waals surface area contributed by atoms with E-state index in [0.29, 0.717) is 99.8 Å². The van der Waals surface area contributed by atoms with E-state index in [1.165, 1.54) is 24.3 Å². The van der Waals surface area contributed by atoms with Crippen molar-refractivity contribution < 1.29 is 63.0 Å². The SMILES string of the molecule is CC1(C)C2=[N+](CCCCCC(=O)CCC(CCCCCC(=O)O)CNC(=O)CCCCCC3(C)/C(=C/C=C/2)N(CCCS(=O)(=O)O)c2ccc(S(=O)(=O)O)cc23)c2ccc(S(=O)(=O)O)cc21. The number of unbranched alkanes of at least 4 members (excludes halogenated alkanes) is 2. The highest BCUT2D eigenvalue weighted by Crippen LogP contribution is 2.51. The number of fused-ring (bicyclic) bond motifs is 5. The monoisotopic (exact) mass is 976 g/mol. The molecule has 0 radical (unpaired) electrons. The van der Waals surface area contributed by atoms with Gasteiger partial charge in [0.1, 0.15) is 12.3 Å². The van der Waals surface area contributed by atoms with Crippen molar-refractivity contribution >= 4 is 65.1 Å². The van der Waals surface area contributed by atoms with E-state index in [1.807, 2.05) is 43.9 Å². The maximum atomic E-state index is 13.1. The van der Waals surface area contributed by atoms with Crippen molar-refractivity contribution in [1.82, 2.24) is 5.32 Å². The number of carbonyl (C=O) groups excluding carboxylic acids is 2. The fourth-order valence-electron chi connectivity index (χ4n) is 9.67. The number of benzene rings is 2. The second kappa shape index (κ2) is 22.2. The van der Waals surface area contributed by atoms with Crippen LogP contribution in [-0.2, 0) is 55.6 Å². The first kappa shape index (κ1) is 52.7. The van der Waals surface area contributed by atoms with Crippen LogP contribution in [0.2, 0.25) is 0 Å². The predicted molar refractivity (Wildman–Crippen MR) is 251 cm³/mol. The zero-order valence-electron chi connectivity index (χ0n) is 38.2. The molecule has 2 atom stereocenters. The van der Waals surface area contributed by atoms with Gasteiger partial charge in [0.2, 0.25) is 11.6 Å². The lowest BCUT2D eigenvalue weighted by Gasteiger charge is -2.30. The number of Topliss-reactive ketones (excluding diaryl/α,β-unsaturated/α-hetero) is 1. The molecule has 3 heterocycles. The summed E-state index contributed by atoms with van der Waals surface area (Å²) in [6.07, 6.45) is 14.6. The molecule has 0 bridgehead atoms. The molecule has 5 N–H and O–H groups in total. The molecular weight excluding hydrogens is 911 g/mol. The number of aliphatic carboxylic acids is 1. The van der Waals surface area contributed by atoms with E-state index in [0.717, 1.165) is 37.1 Å². The Bertz CT molecular complexity index is 2570. The molecule has 0 aromatic heterocycles. The van der Waals surface area contributed by atoms with Crippen molar-refractivity contribution in [1.29, 1.82) is 0 Å². The normalized spacial score (nSPS) is 23.1. The lowest BCUT2D eigenvalue weighted by atomic mass is 9.77. The minimum atomic E-state index is -4.61. The Labute approximate surface area is 389 Å². The number of amides is 1. The average Bonchev–Trinajstić information content (AvgIpc) is 3.58. The first-order valence-corrected chi connectivity index (χ1v) is 27.4. The minimum Gasteiger partial charge on any atom is -0.481 e. The number of rotatable bonds is 12. The molecule has 0 fully saturated rings. The molecule has 364 valence electrons.